The number of oxazole rings is 1. The Morgan fingerprint density at radius 1 is 1.23 bits per heavy atom. The molecule has 6 heteroatoms. The normalized spacial score (nSPS) is 10.8. The second-order valence-corrected chi connectivity index (χ2v) is 4.54. The molecule has 3 aromatic rings. The van der Waals surface area contributed by atoms with E-state index in [0.29, 0.717) is 11.5 Å². The summed E-state index contributed by atoms with van der Waals surface area (Å²) in [7, 11) is 0. The molecular weight excluding hydrogens is 302 g/mol. The van der Waals surface area contributed by atoms with Crippen molar-refractivity contribution in [3.8, 4) is 11.6 Å². The van der Waals surface area contributed by atoms with Crippen LogP contribution in [-0.2, 0) is 6.42 Å². The number of nitrogens with zero attached hydrogens (tertiary/aromatic N) is 3. The minimum atomic E-state index is -0.0192. The van der Waals surface area contributed by atoms with E-state index >= 15 is 0 Å². The lowest BCUT2D eigenvalue weighted by atomic mass is 10.3. The van der Waals surface area contributed by atoms with E-state index in [2.05, 4.69) is 10.1 Å². The lowest BCUT2D eigenvalue weighted by Gasteiger charge is -1.97. The number of hydrogen-bond acceptors (Lipinski definition) is 4. The molecule has 5 nitrogen and oxygen atoms in total. The second kappa shape index (κ2) is 6.95. The molecule has 0 atom stereocenters. The summed E-state index contributed by atoms with van der Waals surface area (Å²) < 4.78 is 6.90. The van der Waals surface area contributed by atoms with E-state index in [0.717, 1.165) is 17.8 Å². The molecule has 0 unspecified atom stereocenters. The van der Waals surface area contributed by atoms with E-state index < -0.39 is 0 Å². The fraction of sp³-hybridized carbons (Fsp3) is 0.125. The van der Waals surface area contributed by atoms with Gasteiger partial charge in [0.1, 0.15) is 12.0 Å². The number of aryl methyl sites for hydroxylation is 1. The van der Waals surface area contributed by atoms with Crippen molar-refractivity contribution in [2.24, 2.45) is 0 Å². The van der Waals surface area contributed by atoms with Crippen LogP contribution in [0.5, 0.6) is 5.88 Å². The standard InChI is InChI=1S/C16H15N3O2.ClH/c1-2-15-17-13(11-21-15)9-8-12-10-19(18-16(12)20)14-6-4-3-5-7-14;/h3-11H,2H2,1H3,(H,18,20);1H/b9-8+;. The zero-order chi connectivity index (χ0) is 14.7. The van der Waals surface area contributed by atoms with Crippen molar-refractivity contribution >= 4 is 24.6 Å². The highest BCUT2D eigenvalue weighted by molar-refractivity contribution is 5.85. The molecule has 0 saturated carbocycles. The molecule has 0 aliphatic heterocycles. The third-order valence-corrected chi connectivity index (χ3v) is 3.05. The fourth-order valence-corrected chi connectivity index (χ4v) is 1.95. The molecule has 1 N–H and O–H groups in total. The number of aromatic hydroxyl groups is 1. The van der Waals surface area contributed by atoms with Crippen LogP contribution in [-0.4, -0.2) is 19.9 Å². The molecule has 0 spiro atoms. The first-order valence-electron chi connectivity index (χ1n) is 6.73. The molecule has 2 heterocycles. The average Bonchev–Trinajstić information content (AvgIpc) is 3.12. The van der Waals surface area contributed by atoms with Gasteiger partial charge >= 0.3 is 0 Å². The Kier molecular flexibility index (Phi) is 5.01. The van der Waals surface area contributed by atoms with Gasteiger partial charge in [-0.25, -0.2) is 9.67 Å². The summed E-state index contributed by atoms with van der Waals surface area (Å²) in [4.78, 5) is 4.28. The first-order valence-corrected chi connectivity index (χ1v) is 6.73. The predicted octanol–water partition coefficient (Wildman–Crippen LogP) is 3.72. The summed E-state index contributed by atoms with van der Waals surface area (Å²) >= 11 is 0. The van der Waals surface area contributed by atoms with Crippen LogP contribution in [0.1, 0.15) is 24.1 Å². The van der Waals surface area contributed by atoms with E-state index in [4.69, 9.17) is 4.42 Å². The van der Waals surface area contributed by atoms with E-state index in [1.807, 2.05) is 37.3 Å². The van der Waals surface area contributed by atoms with Gasteiger partial charge in [-0.15, -0.1) is 17.5 Å². The second-order valence-electron chi connectivity index (χ2n) is 4.54. The summed E-state index contributed by atoms with van der Waals surface area (Å²) in [6, 6.07) is 9.62. The van der Waals surface area contributed by atoms with E-state index in [1.165, 1.54) is 0 Å². The van der Waals surface area contributed by atoms with Gasteiger partial charge in [-0.05, 0) is 24.3 Å². The largest absolute Gasteiger partial charge is 0.492 e. The van der Waals surface area contributed by atoms with Gasteiger partial charge in [-0.3, -0.25) is 0 Å². The maximum atomic E-state index is 9.90. The summed E-state index contributed by atoms with van der Waals surface area (Å²) in [5.74, 6) is 0.674. The fourth-order valence-electron chi connectivity index (χ4n) is 1.95. The molecule has 3 rings (SSSR count). The molecule has 0 amide bonds. The number of aromatic nitrogens is 3. The van der Waals surface area contributed by atoms with Crippen molar-refractivity contribution in [3.05, 3.63) is 59.9 Å². The van der Waals surface area contributed by atoms with Crippen molar-refractivity contribution in [1.82, 2.24) is 14.8 Å². The van der Waals surface area contributed by atoms with Gasteiger partial charge in [-0.1, -0.05) is 25.1 Å². The minimum absolute atomic E-state index is 0. The van der Waals surface area contributed by atoms with Crippen molar-refractivity contribution in [1.29, 1.82) is 0 Å². The van der Waals surface area contributed by atoms with Crippen LogP contribution < -0.4 is 0 Å². The topological polar surface area (TPSA) is 64.1 Å². The highest BCUT2D eigenvalue weighted by atomic mass is 35.5. The van der Waals surface area contributed by atoms with Crippen molar-refractivity contribution in [3.63, 3.8) is 0 Å². The Morgan fingerprint density at radius 2 is 2.00 bits per heavy atom. The van der Waals surface area contributed by atoms with Gasteiger partial charge in [0, 0.05) is 12.6 Å². The van der Waals surface area contributed by atoms with Gasteiger partial charge in [0.15, 0.2) is 5.89 Å². The van der Waals surface area contributed by atoms with Crippen LogP contribution in [0.3, 0.4) is 0 Å². The maximum Gasteiger partial charge on any atom is 0.238 e. The molecule has 0 radical (unpaired) electrons. The van der Waals surface area contributed by atoms with Gasteiger partial charge < -0.3 is 9.52 Å². The molecule has 0 aliphatic rings. The Labute approximate surface area is 134 Å². The van der Waals surface area contributed by atoms with Crippen LogP contribution in [0.2, 0.25) is 0 Å². The smallest absolute Gasteiger partial charge is 0.238 e. The average molecular weight is 318 g/mol. The number of para-hydroxylation sites is 1. The zero-order valence-corrected chi connectivity index (χ0v) is 12.8. The van der Waals surface area contributed by atoms with Crippen LogP contribution in [0, 0.1) is 0 Å². The third kappa shape index (κ3) is 3.38. The monoisotopic (exact) mass is 317 g/mol. The van der Waals surface area contributed by atoms with Crippen LogP contribution in [0.25, 0.3) is 17.8 Å². The van der Waals surface area contributed by atoms with Gasteiger partial charge in [-0.2, -0.15) is 0 Å². The van der Waals surface area contributed by atoms with Crippen LogP contribution in [0.4, 0.5) is 0 Å². The van der Waals surface area contributed by atoms with Gasteiger partial charge in [0.2, 0.25) is 5.88 Å². The Bertz CT molecular complexity index is 763. The third-order valence-electron chi connectivity index (χ3n) is 3.05. The number of halogens is 1. The lowest BCUT2D eigenvalue weighted by molar-refractivity contribution is 0.447. The molecule has 0 aliphatic carbocycles. The first-order chi connectivity index (χ1) is 10.3. The van der Waals surface area contributed by atoms with Gasteiger partial charge in [0.05, 0.1) is 11.3 Å². The van der Waals surface area contributed by atoms with Crippen LogP contribution in [0.15, 0.2) is 47.2 Å². The van der Waals surface area contributed by atoms with Crippen LogP contribution >= 0.6 is 12.4 Å². The van der Waals surface area contributed by atoms with Crippen molar-refractivity contribution < 1.29 is 9.52 Å². The van der Waals surface area contributed by atoms with E-state index in [9.17, 15) is 5.11 Å². The molecule has 2 aromatic heterocycles. The summed E-state index contributed by atoms with van der Waals surface area (Å²) in [5.41, 5.74) is 2.24. The Morgan fingerprint density at radius 3 is 2.68 bits per heavy atom. The Hall–Kier alpha value is -2.53. The highest BCUT2D eigenvalue weighted by Crippen LogP contribution is 2.20. The molecule has 1 aromatic carbocycles. The zero-order valence-electron chi connectivity index (χ0n) is 12.0. The number of benzene rings is 1. The number of rotatable bonds is 4. The molecule has 22 heavy (non-hydrogen) atoms. The molecule has 0 bridgehead atoms. The molecular formula is C16H16ClN3O2. The summed E-state index contributed by atoms with van der Waals surface area (Å²) in [5, 5.41) is 14.0. The van der Waals surface area contributed by atoms with E-state index in [1.54, 1.807) is 29.3 Å². The molecule has 114 valence electrons. The lowest BCUT2D eigenvalue weighted by Crippen LogP contribution is -1.92. The Balaban J connectivity index is 0.00000176. The molecule has 0 saturated heterocycles. The molecule has 0 fully saturated rings. The van der Waals surface area contributed by atoms with Crippen molar-refractivity contribution in [2.75, 3.05) is 0 Å². The highest BCUT2D eigenvalue weighted by Gasteiger charge is 2.06. The van der Waals surface area contributed by atoms with Gasteiger partial charge in [0.25, 0.3) is 0 Å². The predicted molar refractivity (Wildman–Crippen MR) is 87.3 cm³/mol. The summed E-state index contributed by atoms with van der Waals surface area (Å²) in [6.45, 7) is 1.98. The van der Waals surface area contributed by atoms with Crippen molar-refractivity contribution in [2.45, 2.75) is 13.3 Å². The number of hydrogen-bond donors (Lipinski definition) is 1. The minimum Gasteiger partial charge on any atom is -0.492 e. The summed E-state index contributed by atoms with van der Waals surface area (Å²) in [6.07, 6.45) is 7.66. The first kappa shape index (κ1) is 15.9. The SMILES string of the molecule is CCc1nc(/C=C/c2cn(-c3ccccc3)nc2O)co1.Cl. The maximum absolute atomic E-state index is 9.90. The van der Waals surface area contributed by atoms with E-state index in [-0.39, 0.29) is 18.3 Å². The quantitative estimate of drug-likeness (QED) is 0.796.